The van der Waals surface area contributed by atoms with Crippen molar-refractivity contribution >= 4 is 6.29 Å². The molecule has 0 saturated heterocycles. The fraction of sp³-hybridized carbons (Fsp3) is 0.500. The predicted octanol–water partition coefficient (Wildman–Crippen LogP) is 2.36. The maximum Gasteiger partial charge on any atom is 0.213 e. The highest BCUT2D eigenvalue weighted by atomic mass is 19.1. The Labute approximate surface area is 93.6 Å². The molecule has 1 aliphatic rings. The summed E-state index contributed by atoms with van der Waals surface area (Å²) in [5, 5.41) is 0. The molecule has 1 aromatic heterocycles. The number of hydrogen-bond donors (Lipinski definition) is 0. The maximum absolute atomic E-state index is 12.6. The summed E-state index contributed by atoms with van der Waals surface area (Å²) < 4.78 is 18.2. The van der Waals surface area contributed by atoms with Crippen LogP contribution in [0.1, 0.15) is 25.7 Å². The summed E-state index contributed by atoms with van der Waals surface area (Å²) in [6, 6.07) is 2.86. The van der Waals surface area contributed by atoms with Gasteiger partial charge in [-0.15, -0.1) is 0 Å². The highest BCUT2D eigenvalue weighted by Gasteiger charge is 2.22. The molecule has 0 radical (unpaired) electrons. The topological polar surface area (TPSA) is 39.2 Å². The zero-order chi connectivity index (χ0) is 11.4. The largest absolute Gasteiger partial charge is 0.474 e. The van der Waals surface area contributed by atoms with E-state index in [9.17, 15) is 9.18 Å². The minimum Gasteiger partial charge on any atom is -0.474 e. The van der Waals surface area contributed by atoms with Gasteiger partial charge in [0.15, 0.2) is 0 Å². The number of aromatic nitrogens is 1. The van der Waals surface area contributed by atoms with Crippen molar-refractivity contribution < 1.29 is 13.9 Å². The number of ether oxygens (including phenoxy) is 1. The van der Waals surface area contributed by atoms with Crippen LogP contribution in [-0.4, -0.2) is 17.4 Å². The van der Waals surface area contributed by atoms with Crippen molar-refractivity contribution in [2.24, 2.45) is 5.92 Å². The standard InChI is InChI=1S/C12H14FNO2/c13-10-3-6-12(14-7-10)16-11-4-1-9(8-15)2-5-11/h3,6-9,11H,1-2,4-5H2/t9-,11-. The van der Waals surface area contributed by atoms with Crippen LogP contribution in [0, 0.1) is 11.7 Å². The van der Waals surface area contributed by atoms with Gasteiger partial charge in [0.2, 0.25) is 5.88 Å². The van der Waals surface area contributed by atoms with Gasteiger partial charge in [-0.2, -0.15) is 0 Å². The monoisotopic (exact) mass is 223 g/mol. The van der Waals surface area contributed by atoms with E-state index in [-0.39, 0.29) is 17.8 Å². The summed E-state index contributed by atoms with van der Waals surface area (Å²) >= 11 is 0. The normalized spacial score (nSPS) is 25.1. The molecular weight excluding hydrogens is 209 g/mol. The van der Waals surface area contributed by atoms with Gasteiger partial charge in [-0.25, -0.2) is 9.37 Å². The quantitative estimate of drug-likeness (QED) is 0.738. The first kappa shape index (κ1) is 11.0. The van der Waals surface area contributed by atoms with Gasteiger partial charge in [0.05, 0.1) is 6.20 Å². The highest BCUT2D eigenvalue weighted by Crippen LogP contribution is 2.25. The zero-order valence-corrected chi connectivity index (χ0v) is 8.93. The lowest BCUT2D eigenvalue weighted by Crippen LogP contribution is -2.24. The van der Waals surface area contributed by atoms with E-state index >= 15 is 0 Å². The maximum atomic E-state index is 12.6. The molecule has 3 nitrogen and oxygen atoms in total. The highest BCUT2D eigenvalue weighted by molar-refractivity contribution is 5.53. The number of carbonyl (C=O) groups is 1. The van der Waals surface area contributed by atoms with Gasteiger partial charge in [-0.05, 0) is 31.7 Å². The molecule has 1 aliphatic carbocycles. The number of hydrogen-bond acceptors (Lipinski definition) is 3. The average molecular weight is 223 g/mol. The molecule has 1 saturated carbocycles. The molecule has 0 unspecified atom stereocenters. The van der Waals surface area contributed by atoms with E-state index in [0.717, 1.165) is 38.2 Å². The number of pyridine rings is 1. The molecule has 1 heterocycles. The van der Waals surface area contributed by atoms with Crippen molar-refractivity contribution in [3.63, 3.8) is 0 Å². The van der Waals surface area contributed by atoms with E-state index in [1.165, 1.54) is 12.1 Å². The van der Waals surface area contributed by atoms with E-state index in [1.54, 1.807) is 0 Å². The molecule has 0 aromatic carbocycles. The molecule has 1 aromatic rings. The lowest BCUT2D eigenvalue weighted by atomic mass is 9.88. The second-order valence-corrected chi connectivity index (χ2v) is 4.11. The molecule has 0 N–H and O–H groups in total. The van der Waals surface area contributed by atoms with Crippen LogP contribution < -0.4 is 4.74 Å². The van der Waals surface area contributed by atoms with Crippen molar-refractivity contribution in [2.45, 2.75) is 31.8 Å². The molecule has 86 valence electrons. The Balaban J connectivity index is 1.86. The van der Waals surface area contributed by atoms with Crippen LogP contribution in [0.3, 0.4) is 0 Å². The van der Waals surface area contributed by atoms with E-state index < -0.39 is 0 Å². The third-order valence-electron chi connectivity index (χ3n) is 2.90. The number of halogens is 1. The van der Waals surface area contributed by atoms with Gasteiger partial charge in [0.1, 0.15) is 18.2 Å². The molecule has 0 aliphatic heterocycles. The van der Waals surface area contributed by atoms with Gasteiger partial charge in [-0.3, -0.25) is 0 Å². The first-order chi connectivity index (χ1) is 7.78. The van der Waals surface area contributed by atoms with Crippen molar-refractivity contribution in [3.8, 4) is 5.88 Å². The van der Waals surface area contributed by atoms with Crippen LogP contribution in [0.5, 0.6) is 5.88 Å². The third kappa shape index (κ3) is 2.78. The number of carbonyl (C=O) groups excluding carboxylic acids is 1. The molecular formula is C12H14FNO2. The Morgan fingerprint density at radius 2 is 2.06 bits per heavy atom. The predicted molar refractivity (Wildman–Crippen MR) is 56.6 cm³/mol. The first-order valence-electron chi connectivity index (χ1n) is 5.51. The number of rotatable bonds is 3. The summed E-state index contributed by atoms with van der Waals surface area (Å²) in [7, 11) is 0. The van der Waals surface area contributed by atoms with E-state index in [4.69, 9.17) is 4.74 Å². The Morgan fingerprint density at radius 3 is 2.62 bits per heavy atom. The van der Waals surface area contributed by atoms with Gasteiger partial charge < -0.3 is 9.53 Å². The minimum atomic E-state index is -0.364. The zero-order valence-electron chi connectivity index (χ0n) is 8.93. The van der Waals surface area contributed by atoms with Crippen LogP contribution in [0.2, 0.25) is 0 Å². The summed E-state index contributed by atoms with van der Waals surface area (Å²) in [5.41, 5.74) is 0. The third-order valence-corrected chi connectivity index (χ3v) is 2.90. The summed E-state index contributed by atoms with van der Waals surface area (Å²) in [5.74, 6) is 0.272. The Bertz CT molecular complexity index is 345. The van der Waals surface area contributed by atoms with Crippen LogP contribution in [0.15, 0.2) is 18.3 Å². The van der Waals surface area contributed by atoms with Crippen molar-refractivity contribution in [2.75, 3.05) is 0 Å². The van der Waals surface area contributed by atoms with E-state index in [1.807, 2.05) is 0 Å². The van der Waals surface area contributed by atoms with Gasteiger partial charge in [0.25, 0.3) is 0 Å². The van der Waals surface area contributed by atoms with Gasteiger partial charge in [0, 0.05) is 12.0 Å². The second kappa shape index (κ2) is 5.05. The fourth-order valence-electron chi connectivity index (χ4n) is 1.95. The molecule has 1 fully saturated rings. The summed E-state index contributed by atoms with van der Waals surface area (Å²) in [6.07, 6.45) is 5.74. The van der Waals surface area contributed by atoms with Gasteiger partial charge >= 0.3 is 0 Å². The first-order valence-corrected chi connectivity index (χ1v) is 5.51. The van der Waals surface area contributed by atoms with E-state index in [0.29, 0.717) is 5.88 Å². The van der Waals surface area contributed by atoms with Crippen LogP contribution >= 0.6 is 0 Å². The molecule has 4 heteroatoms. The smallest absolute Gasteiger partial charge is 0.213 e. The van der Waals surface area contributed by atoms with Crippen molar-refractivity contribution in [1.29, 1.82) is 0 Å². The lowest BCUT2D eigenvalue weighted by Gasteiger charge is -2.25. The van der Waals surface area contributed by atoms with Crippen LogP contribution in [0.4, 0.5) is 4.39 Å². The summed E-state index contributed by atoms with van der Waals surface area (Å²) in [6.45, 7) is 0. The molecule has 0 amide bonds. The van der Waals surface area contributed by atoms with Crippen molar-refractivity contribution in [1.82, 2.24) is 4.98 Å². The molecule has 0 spiro atoms. The lowest BCUT2D eigenvalue weighted by molar-refractivity contribution is -0.112. The van der Waals surface area contributed by atoms with Gasteiger partial charge in [-0.1, -0.05) is 0 Å². The number of nitrogens with zero attached hydrogens (tertiary/aromatic N) is 1. The fourth-order valence-corrected chi connectivity index (χ4v) is 1.95. The molecule has 2 rings (SSSR count). The second-order valence-electron chi connectivity index (χ2n) is 4.11. The molecule has 0 bridgehead atoms. The Hall–Kier alpha value is -1.45. The summed E-state index contributed by atoms with van der Waals surface area (Å²) in [4.78, 5) is 14.4. The average Bonchev–Trinajstić information content (AvgIpc) is 2.33. The van der Waals surface area contributed by atoms with Crippen LogP contribution in [0.25, 0.3) is 0 Å². The minimum absolute atomic E-state index is 0.106. The van der Waals surface area contributed by atoms with E-state index in [2.05, 4.69) is 4.98 Å². The Kier molecular flexibility index (Phi) is 3.49. The van der Waals surface area contributed by atoms with Crippen LogP contribution in [-0.2, 0) is 4.79 Å². The molecule has 16 heavy (non-hydrogen) atoms. The Morgan fingerprint density at radius 1 is 1.31 bits per heavy atom. The SMILES string of the molecule is O=C[C@H]1CC[C@H](Oc2ccc(F)cn2)CC1. The van der Waals surface area contributed by atoms with Crippen molar-refractivity contribution in [3.05, 3.63) is 24.1 Å². The number of aldehydes is 1. The molecule has 0 atom stereocenters.